The SMILES string of the molecule is COC(=O)C1Cc2c(ncnc2N2CCN(C(=O)Cc3ccc(C(F)(F)F)cc3)C3(CC3)C2)N1. The highest BCUT2D eigenvalue weighted by molar-refractivity contribution is 5.84. The summed E-state index contributed by atoms with van der Waals surface area (Å²) in [5.74, 6) is 0.926. The van der Waals surface area contributed by atoms with Crippen molar-refractivity contribution in [2.24, 2.45) is 0 Å². The van der Waals surface area contributed by atoms with Crippen molar-refractivity contribution in [1.29, 1.82) is 0 Å². The zero-order chi connectivity index (χ0) is 24.1. The van der Waals surface area contributed by atoms with Gasteiger partial charge in [-0.05, 0) is 30.5 Å². The normalized spacial score (nSPS) is 20.6. The van der Waals surface area contributed by atoms with Gasteiger partial charge in [0.15, 0.2) is 0 Å². The molecule has 1 N–H and O–H groups in total. The highest BCUT2D eigenvalue weighted by Gasteiger charge is 2.53. The molecule has 8 nitrogen and oxygen atoms in total. The second-order valence-electron chi connectivity index (χ2n) is 9.01. The molecule has 5 rings (SSSR count). The van der Waals surface area contributed by atoms with Crippen molar-refractivity contribution in [2.75, 3.05) is 37.0 Å². The predicted molar refractivity (Wildman–Crippen MR) is 116 cm³/mol. The number of ether oxygens (including phenoxy) is 1. The second kappa shape index (κ2) is 8.14. The Hall–Kier alpha value is -3.37. The zero-order valence-corrected chi connectivity index (χ0v) is 18.6. The largest absolute Gasteiger partial charge is 0.467 e. The summed E-state index contributed by atoms with van der Waals surface area (Å²) >= 11 is 0. The number of methoxy groups -OCH3 is 1. The molecule has 1 aromatic carbocycles. The number of esters is 1. The molecule has 1 saturated heterocycles. The van der Waals surface area contributed by atoms with Gasteiger partial charge in [-0.3, -0.25) is 4.79 Å². The highest BCUT2D eigenvalue weighted by atomic mass is 19.4. The first kappa shape index (κ1) is 22.4. The molecule has 2 fully saturated rings. The van der Waals surface area contributed by atoms with E-state index in [1.807, 2.05) is 4.90 Å². The monoisotopic (exact) mass is 475 g/mol. The van der Waals surface area contributed by atoms with Crippen molar-refractivity contribution < 1.29 is 27.5 Å². The lowest BCUT2D eigenvalue weighted by atomic mass is 10.0. The number of amides is 1. The lowest BCUT2D eigenvalue weighted by Gasteiger charge is -2.43. The minimum Gasteiger partial charge on any atom is -0.467 e. The fourth-order valence-electron chi connectivity index (χ4n) is 4.89. The maximum absolute atomic E-state index is 13.1. The van der Waals surface area contributed by atoms with Gasteiger partial charge in [0.1, 0.15) is 24.0 Å². The third-order valence-electron chi connectivity index (χ3n) is 6.84. The summed E-state index contributed by atoms with van der Waals surface area (Å²) in [5.41, 5.74) is 0.396. The number of aromatic nitrogens is 2. The van der Waals surface area contributed by atoms with Crippen LogP contribution < -0.4 is 10.2 Å². The number of nitrogens with one attached hydrogen (secondary N) is 1. The standard InChI is InChI=1S/C23H24F3N5O3/c1-34-21(33)17-11-16-19(29-17)27-13-28-20(16)30-8-9-31(22(12-30)6-7-22)18(32)10-14-2-4-15(5-3-14)23(24,25)26/h2-5,13,17H,6-12H2,1H3,(H,27,28,29). The van der Waals surface area contributed by atoms with E-state index >= 15 is 0 Å². The van der Waals surface area contributed by atoms with Crippen LogP contribution in [0.1, 0.15) is 29.5 Å². The third kappa shape index (κ3) is 4.03. The van der Waals surface area contributed by atoms with Crippen LogP contribution in [-0.4, -0.2) is 65.1 Å². The molecule has 0 bridgehead atoms. The Morgan fingerprint density at radius 2 is 1.91 bits per heavy atom. The quantitative estimate of drug-likeness (QED) is 0.680. The van der Waals surface area contributed by atoms with Gasteiger partial charge in [-0.2, -0.15) is 13.2 Å². The van der Waals surface area contributed by atoms with Crippen molar-refractivity contribution in [3.8, 4) is 0 Å². The van der Waals surface area contributed by atoms with Crippen LogP contribution in [-0.2, 0) is 33.3 Å². The molecule has 1 saturated carbocycles. The Morgan fingerprint density at radius 3 is 2.56 bits per heavy atom. The first-order valence-electron chi connectivity index (χ1n) is 11.1. The van der Waals surface area contributed by atoms with Crippen LogP contribution >= 0.6 is 0 Å². The number of anilines is 2. The summed E-state index contributed by atoms with van der Waals surface area (Å²) in [7, 11) is 1.34. The number of fused-ring (bicyclic) bond motifs is 1. The molecule has 1 unspecified atom stereocenters. The molecule has 1 spiro atoms. The van der Waals surface area contributed by atoms with Gasteiger partial charge in [0, 0.05) is 31.6 Å². The van der Waals surface area contributed by atoms with Gasteiger partial charge in [0.25, 0.3) is 0 Å². The molecule has 1 amide bonds. The summed E-state index contributed by atoms with van der Waals surface area (Å²) in [6.07, 6.45) is -0.726. The molecule has 0 radical (unpaired) electrons. The van der Waals surface area contributed by atoms with Gasteiger partial charge in [0.2, 0.25) is 5.91 Å². The van der Waals surface area contributed by atoms with Gasteiger partial charge in [-0.15, -0.1) is 0 Å². The summed E-state index contributed by atoms with van der Waals surface area (Å²) < 4.78 is 43.3. The molecule has 3 heterocycles. The smallest absolute Gasteiger partial charge is 0.416 e. The van der Waals surface area contributed by atoms with Crippen molar-refractivity contribution in [2.45, 2.75) is 43.4 Å². The first-order chi connectivity index (χ1) is 16.2. The summed E-state index contributed by atoms with van der Waals surface area (Å²) in [4.78, 5) is 37.8. The van der Waals surface area contributed by atoms with Crippen molar-refractivity contribution in [1.82, 2.24) is 14.9 Å². The van der Waals surface area contributed by atoms with Crippen molar-refractivity contribution >= 4 is 23.5 Å². The zero-order valence-electron chi connectivity index (χ0n) is 18.6. The van der Waals surface area contributed by atoms with Crippen LogP contribution in [0.25, 0.3) is 0 Å². The Balaban J connectivity index is 1.28. The summed E-state index contributed by atoms with van der Waals surface area (Å²) in [6.45, 7) is 1.66. The third-order valence-corrected chi connectivity index (χ3v) is 6.84. The number of benzene rings is 1. The van der Waals surface area contributed by atoms with E-state index in [0.717, 1.165) is 36.4 Å². The molecule has 3 aliphatic rings. The molecule has 1 atom stereocenters. The molecule has 2 aliphatic heterocycles. The van der Waals surface area contributed by atoms with E-state index < -0.39 is 17.8 Å². The van der Waals surface area contributed by atoms with Gasteiger partial charge in [-0.1, -0.05) is 12.1 Å². The second-order valence-corrected chi connectivity index (χ2v) is 9.01. The van der Waals surface area contributed by atoms with E-state index in [-0.39, 0.29) is 23.8 Å². The lowest BCUT2D eigenvalue weighted by molar-refractivity contribution is -0.141. The average molecular weight is 475 g/mol. The molecular formula is C23H24F3N5O3. The predicted octanol–water partition coefficient (Wildman–Crippen LogP) is 2.43. The van der Waals surface area contributed by atoms with E-state index in [1.165, 1.54) is 25.6 Å². The Labute approximate surface area is 194 Å². The number of piperazine rings is 1. The van der Waals surface area contributed by atoms with E-state index in [9.17, 15) is 22.8 Å². The Bertz CT molecular complexity index is 1120. The summed E-state index contributed by atoms with van der Waals surface area (Å²) in [6, 6.07) is 4.26. The van der Waals surface area contributed by atoms with Crippen LogP contribution in [0.4, 0.5) is 24.8 Å². The topological polar surface area (TPSA) is 87.7 Å². The van der Waals surface area contributed by atoms with Crippen LogP contribution in [0.3, 0.4) is 0 Å². The number of carbonyl (C=O) groups excluding carboxylic acids is 2. The molecule has 1 aliphatic carbocycles. The molecule has 2 aromatic rings. The van der Waals surface area contributed by atoms with Crippen LogP contribution in [0.5, 0.6) is 0 Å². The van der Waals surface area contributed by atoms with Crippen LogP contribution in [0.2, 0.25) is 0 Å². The number of halogens is 3. The van der Waals surface area contributed by atoms with Crippen LogP contribution in [0, 0.1) is 0 Å². The number of hydrogen-bond donors (Lipinski definition) is 1. The Morgan fingerprint density at radius 1 is 1.18 bits per heavy atom. The summed E-state index contributed by atoms with van der Waals surface area (Å²) in [5, 5.41) is 3.08. The van der Waals surface area contributed by atoms with E-state index in [0.29, 0.717) is 37.4 Å². The average Bonchev–Trinajstić information content (AvgIpc) is 3.42. The highest BCUT2D eigenvalue weighted by Crippen LogP contribution is 2.46. The van der Waals surface area contributed by atoms with E-state index in [1.54, 1.807) is 0 Å². The maximum Gasteiger partial charge on any atom is 0.416 e. The minimum atomic E-state index is -4.40. The molecule has 34 heavy (non-hydrogen) atoms. The number of hydrogen-bond acceptors (Lipinski definition) is 7. The van der Waals surface area contributed by atoms with Gasteiger partial charge in [-0.25, -0.2) is 14.8 Å². The van der Waals surface area contributed by atoms with Gasteiger partial charge >= 0.3 is 12.1 Å². The number of alkyl halides is 3. The fourth-order valence-corrected chi connectivity index (χ4v) is 4.89. The fraction of sp³-hybridized carbons (Fsp3) is 0.478. The molecule has 1 aromatic heterocycles. The Kier molecular flexibility index (Phi) is 5.37. The van der Waals surface area contributed by atoms with Crippen molar-refractivity contribution in [3.05, 3.63) is 47.3 Å². The number of nitrogens with zero attached hydrogens (tertiary/aromatic N) is 4. The lowest BCUT2D eigenvalue weighted by Crippen LogP contribution is -2.57. The van der Waals surface area contributed by atoms with E-state index in [2.05, 4.69) is 20.2 Å². The maximum atomic E-state index is 13.1. The number of carbonyl (C=O) groups is 2. The van der Waals surface area contributed by atoms with Crippen molar-refractivity contribution in [3.63, 3.8) is 0 Å². The molecule has 11 heteroatoms. The van der Waals surface area contributed by atoms with Gasteiger partial charge < -0.3 is 19.9 Å². The van der Waals surface area contributed by atoms with Gasteiger partial charge in [0.05, 0.1) is 24.6 Å². The molecular weight excluding hydrogens is 451 g/mol. The minimum absolute atomic E-state index is 0.0630. The van der Waals surface area contributed by atoms with E-state index in [4.69, 9.17) is 4.74 Å². The first-order valence-corrected chi connectivity index (χ1v) is 11.1. The molecule has 180 valence electrons. The number of rotatable bonds is 4. The van der Waals surface area contributed by atoms with Crippen LogP contribution in [0.15, 0.2) is 30.6 Å².